The van der Waals surface area contributed by atoms with Crippen LogP contribution in [0.25, 0.3) is 16.7 Å². The van der Waals surface area contributed by atoms with Crippen molar-refractivity contribution in [2.75, 3.05) is 0 Å². The summed E-state index contributed by atoms with van der Waals surface area (Å²) in [7, 11) is 0. The predicted octanol–water partition coefficient (Wildman–Crippen LogP) is 5.79. The number of benzene rings is 3. The van der Waals surface area contributed by atoms with E-state index in [-0.39, 0.29) is 21.7 Å². The maximum atomic E-state index is 10.2. The van der Waals surface area contributed by atoms with Crippen LogP contribution >= 0.6 is 0 Å². The summed E-state index contributed by atoms with van der Waals surface area (Å²) >= 11 is 0. The molecule has 3 aromatic carbocycles. The third kappa shape index (κ3) is 3.53. The molecule has 0 heterocycles. The van der Waals surface area contributed by atoms with Gasteiger partial charge >= 0.3 is 0 Å². The van der Waals surface area contributed by atoms with Gasteiger partial charge < -0.3 is 5.11 Å². The average molecular weight is 358 g/mol. The molecule has 0 radical (unpaired) electrons. The molecule has 25 heavy (non-hydrogen) atoms. The average Bonchev–Trinajstić information content (AvgIpc) is 3.09. The van der Waals surface area contributed by atoms with Gasteiger partial charge in [-0.15, -0.1) is 0 Å². The standard InChI is InChI=1S/C23H18O.Ti/c24-23-14-8-7-13-20(23)19-15-21(17-9-3-1-4-10-17)22(16-19)18-11-5-2-6-12-18;/h1-15,24H,16H2;. The summed E-state index contributed by atoms with van der Waals surface area (Å²) in [5.74, 6) is 0.338. The van der Waals surface area contributed by atoms with Crippen LogP contribution in [-0.4, -0.2) is 5.11 Å². The van der Waals surface area contributed by atoms with Crippen LogP contribution in [0.15, 0.2) is 91.0 Å². The Morgan fingerprint density at radius 3 is 1.84 bits per heavy atom. The molecule has 0 saturated heterocycles. The van der Waals surface area contributed by atoms with E-state index in [9.17, 15) is 5.11 Å². The Hall–Kier alpha value is -2.35. The number of hydrogen-bond donors (Lipinski definition) is 1. The van der Waals surface area contributed by atoms with E-state index in [0.717, 1.165) is 17.6 Å². The Labute approximate surface area is 163 Å². The molecule has 4 rings (SSSR count). The molecule has 1 aliphatic carbocycles. The third-order valence-electron chi connectivity index (χ3n) is 4.47. The topological polar surface area (TPSA) is 20.2 Å². The Balaban J connectivity index is 0.00000182. The van der Waals surface area contributed by atoms with Gasteiger partial charge in [0.2, 0.25) is 0 Å². The van der Waals surface area contributed by atoms with Gasteiger partial charge in [-0.3, -0.25) is 0 Å². The van der Waals surface area contributed by atoms with Crippen LogP contribution in [0.5, 0.6) is 5.75 Å². The van der Waals surface area contributed by atoms with Crippen LogP contribution in [0, 0.1) is 0 Å². The summed E-state index contributed by atoms with van der Waals surface area (Å²) in [4.78, 5) is 0. The van der Waals surface area contributed by atoms with Crippen LogP contribution < -0.4 is 0 Å². The molecular weight excluding hydrogens is 340 g/mol. The van der Waals surface area contributed by atoms with Gasteiger partial charge in [0.25, 0.3) is 0 Å². The minimum atomic E-state index is 0. The van der Waals surface area contributed by atoms with Gasteiger partial charge in [-0.05, 0) is 46.4 Å². The van der Waals surface area contributed by atoms with Gasteiger partial charge in [0.1, 0.15) is 5.75 Å². The van der Waals surface area contributed by atoms with Crippen LogP contribution in [0.1, 0.15) is 23.1 Å². The summed E-state index contributed by atoms with van der Waals surface area (Å²) in [5, 5.41) is 10.2. The molecule has 0 spiro atoms. The molecule has 0 saturated carbocycles. The summed E-state index contributed by atoms with van der Waals surface area (Å²) in [6.07, 6.45) is 3.04. The number of aromatic hydroxyl groups is 1. The fourth-order valence-corrected chi connectivity index (χ4v) is 3.29. The van der Waals surface area contributed by atoms with Crippen molar-refractivity contribution in [1.82, 2.24) is 0 Å². The van der Waals surface area contributed by atoms with Gasteiger partial charge in [0.05, 0.1) is 0 Å². The van der Waals surface area contributed by atoms with Crippen LogP contribution in [0.4, 0.5) is 0 Å². The Kier molecular flexibility index (Phi) is 5.38. The van der Waals surface area contributed by atoms with E-state index in [4.69, 9.17) is 0 Å². The van der Waals surface area contributed by atoms with Crippen molar-refractivity contribution in [2.24, 2.45) is 0 Å². The van der Waals surface area contributed by atoms with Crippen molar-refractivity contribution in [1.29, 1.82) is 0 Å². The molecule has 0 aromatic heterocycles. The quantitative estimate of drug-likeness (QED) is 0.588. The first kappa shape index (κ1) is 17.5. The molecule has 0 amide bonds. The molecule has 3 aromatic rings. The number of phenols is 1. The molecule has 0 unspecified atom stereocenters. The molecule has 0 aliphatic heterocycles. The summed E-state index contributed by atoms with van der Waals surface area (Å²) in [5.41, 5.74) is 7.06. The van der Waals surface area contributed by atoms with Crippen LogP contribution in [0.3, 0.4) is 0 Å². The fourth-order valence-electron chi connectivity index (χ4n) is 3.29. The minimum absolute atomic E-state index is 0. The molecule has 0 atom stereocenters. The van der Waals surface area contributed by atoms with Gasteiger partial charge in [-0.1, -0.05) is 78.9 Å². The molecule has 2 heteroatoms. The fraction of sp³-hybridized carbons (Fsp3) is 0.0435. The predicted molar refractivity (Wildman–Crippen MR) is 100 cm³/mol. The van der Waals surface area contributed by atoms with Gasteiger partial charge in [0.15, 0.2) is 0 Å². The summed E-state index contributed by atoms with van der Waals surface area (Å²) < 4.78 is 0. The van der Waals surface area contributed by atoms with E-state index >= 15 is 0 Å². The number of para-hydroxylation sites is 1. The van der Waals surface area contributed by atoms with E-state index in [1.165, 1.54) is 22.3 Å². The normalized spacial score (nSPS) is 13.4. The first-order valence-electron chi connectivity index (χ1n) is 8.16. The van der Waals surface area contributed by atoms with Gasteiger partial charge in [0, 0.05) is 27.3 Å². The molecule has 1 nitrogen and oxygen atoms in total. The van der Waals surface area contributed by atoms with Gasteiger partial charge in [-0.2, -0.15) is 0 Å². The van der Waals surface area contributed by atoms with Crippen molar-refractivity contribution in [3.63, 3.8) is 0 Å². The maximum Gasteiger partial charge on any atom is 0.123 e. The summed E-state index contributed by atoms with van der Waals surface area (Å²) in [6.45, 7) is 0. The molecule has 120 valence electrons. The second-order valence-corrected chi connectivity index (χ2v) is 5.99. The van der Waals surface area contributed by atoms with Crippen LogP contribution in [0.2, 0.25) is 0 Å². The monoisotopic (exact) mass is 358 g/mol. The zero-order chi connectivity index (χ0) is 16.4. The zero-order valence-corrected chi connectivity index (χ0v) is 15.4. The number of allylic oxidation sites excluding steroid dienone is 4. The van der Waals surface area contributed by atoms with Crippen molar-refractivity contribution >= 4 is 16.7 Å². The maximum absolute atomic E-state index is 10.2. The van der Waals surface area contributed by atoms with E-state index in [2.05, 4.69) is 54.6 Å². The van der Waals surface area contributed by atoms with Crippen molar-refractivity contribution in [3.05, 3.63) is 108 Å². The van der Waals surface area contributed by atoms with Gasteiger partial charge in [-0.25, -0.2) is 0 Å². The number of rotatable bonds is 3. The SMILES string of the molecule is Oc1ccccc1C1=CC(c2ccccc2)=C(c2ccccc2)C1.[Ti]. The molecule has 0 bridgehead atoms. The summed E-state index contributed by atoms with van der Waals surface area (Å²) in [6, 6.07) is 28.5. The second kappa shape index (κ2) is 7.69. The van der Waals surface area contributed by atoms with Crippen molar-refractivity contribution in [3.8, 4) is 5.75 Å². The zero-order valence-electron chi connectivity index (χ0n) is 13.8. The first-order valence-corrected chi connectivity index (χ1v) is 8.16. The van der Waals surface area contributed by atoms with Crippen LogP contribution in [-0.2, 0) is 21.7 Å². The minimum Gasteiger partial charge on any atom is -0.507 e. The Bertz CT molecular complexity index is 925. The molecule has 0 fully saturated rings. The van der Waals surface area contributed by atoms with Crippen molar-refractivity contribution < 1.29 is 26.8 Å². The molecular formula is C23H18OTi. The molecule has 1 aliphatic rings. The molecule has 1 N–H and O–H groups in total. The van der Waals surface area contributed by atoms with E-state index in [1.54, 1.807) is 6.07 Å². The van der Waals surface area contributed by atoms with Crippen molar-refractivity contribution in [2.45, 2.75) is 6.42 Å². The second-order valence-electron chi connectivity index (χ2n) is 5.99. The third-order valence-corrected chi connectivity index (χ3v) is 4.47. The largest absolute Gasteiger partial charge is 0.507 e. The Morgan fingerprint density at radius 1 is 0.640 bits per heavy atom. The first-order chi connectivity index (χ1) is 11.8. The Morgan fingerprint density at radius 2 is 1.20 bits per heavy atom. The van der Waals surface area contributed by atoms with E-state index in [0.29, 0.717) is 5.75 Å². The number of phenolic OH excluding ortho intramolecular Hbond substituents is 1. The van der Waals surface area contributed by atoms with E-state index in [1.807, 2.05) is 30.3 Å². The number of hydrogen-bond acceptors (Lipinski definition) is 1. The smallest absolute Gasteiger partial charge is 0.123 e. The van der Waals surface area contributed by atoms with E-state index < -0.39 is 0 Å².